The quantitative estimate of drug-likeness (QED) is 0.650. The third-order valence-electron chi connectivity index (χ3n) is 6.46. The van der Waals surface area contributed by atoms with Gasteiger partial charge in [-0.05, 0) is 51.7 Å². The molecule has 4 rings (SSSR count). The first-order chi connectivity index (χ1) is 15.1. The van der Waals surface area contributed by atoms with Crippen LogP contribution in [-0.4, -0.2) is 64.1 Å². The van der Waals surface area contributed by atoms with E-state index in [-0.39, 0.29) is 24.9 Å². The van der Waals surface area contributed by atoms with Gasteiger partial charge in [0.05, 0.1) is 30.4 Å². The fourth-order valence-corrected chi connectivity index (χ4v) is 4.70. The zero-order valence-corrected chi connectivity index (χ0v) is 18.8. The summed E-state index contributed by atoms with van der Waals surface area (Å²) >= 11 is 0. The number of hydrogen-bond acceptors (Lipinski definition) is 5. The minimum absolute atomic E-state index is 0.00740. The van der Waals surface area contributed by atoms with Crippen molar-refractivity contribution in [2.75, 3.05) is 32.8 Å². The molecule has 31 heavy (non-hydrogen) atoms. The normalized spacial score (nSPS) is 20.8. The number of likely N-dealkylation sites (tertiary alicyclic amines) is 1. The highest BCUT2D eigenvalue weighted by Crippen LogP contribution is 2.40. The van der Waals surface area contributed by atoms with Crippen molar-refractivity contribution in [3.8, 4) is 17.1 Å². The Labute approximate surface area is 185 Å². The number of benzene rings is 1. The number of aliphatic hydroxyl groups excluding tert-OH is 1. The first kappa shape index (κ1) is 22.1. The van der Waals surface area contributed by atoms with Crippen molar-refractivity contribution >= 4 is 0 Å². The summed E-state index contributed by atoms with van der Waals surface area (Å²) in [6.07, 6.45) is 10.9. The molecule has 2 aromatic rings. The molecule has 1 N–H and O–H groups in total. The largest absolute Gasteiger partial charge is 0.490 e. The van der Waals surface area contributed by atoms with E-state index in [4.69, 9.17) is 14.6 Å². The van der Waals surface area contributed by atoms with Gasteiger partial charge in [-0.2, -0.15) is 0 Å². The number of piperidine rings is 1. The third-order valence-corrected chi connectivity index (χ3v) is 6.46. The van der Waals surface area contributed by atoms with E-state index in [1.54, 1.807) is 0 Å². The van der Waals surface area contributed by atoms with Crippen LogP contribution in [0.25, 0.3) is 11.4 Å². The van der Waals surface area contributed by atoms with E-state index in [0.717, 1.165) is 69.0 Å². The van der Waals surface area contributed by atoms with Crippen LogP contribution in [0.2, 0.25) is 0 Å². The van der Waals surface area contributed by atoms with E-state index in [2.05, 4.69) is 34.4 Å². The van der Waals surface area contributed by atoms with Gasteiger partial charge in [0.2, 0.25) is 0 Å². The molecule has 0 bridgehead atoms. The standard InChI is InChI=1S/C25H35N3O3/c1-20(2)8-13-27-14-10-25(11-15-27)9-7-21(31-25)19-28-16-12-26-24(28)22-5-3-4-6-23(22)30-18-17-29/h3-6,8,12,16,21,29H,7,9-11,13-15,17-19H2,1-2H3. The van der Waals surface area contributed by atoms with Gasteiger partial charge >= 0.3 is 0 Å². The van der Waals surface area contributed by atoms with Gasteiger partial charge in [-0.15, -0.1) is 0 Å². The van der Waals surface area contributed by atoms with E-state index in [1.165, 1.54) is 5.57 Å². The zero-order chi connectivity index (χ0) is 21.7. The Morgan fingerprint density at radius 2 is 2.06 bits per heavy atom. The molecular formula is C25H35N3O3. The number of para-hydroxylation sites is 1. The Hall–Kier alpha value is -2.15. The molecule has 168 valence electrons. The van der Waals surface area contributed by atoms with Crippen LogP contribution in [0, 0.1) is 0 Å². The van der Waals surface area contributed by atoms with Gasteiger partial charge in [0, 0.05) is 32.0 Å². The second-order valence-electron chi connectivity index (χ2n) is 9.02. The molecule has 1 unspecified atom stereocenters. The Bertz CT molecular complexity index is 880. The predicted octanol–water partition coefficient (Wildman–Crippen LogP) is 3.90. The van der Waals surface area contributed by atoms with E-state index >= 15 is 0 Å². The molecular weight excluding hydrogens is 390 g/mol. The number of ether oxygens (including phenoxy) is 2. The number of allylic oxidation sites excluding steroid dienone is 1. The smallest absolute Gasteiger partial charge is 0.143 e. The monoisotopic (exact) mass is 425 g/mol. The van der Waals surface area contributed by atoms with E-state index in [1.807, 2.05) is 36.7 Å². The van der Waals surface area contributed by atoms with Crippen LogP contribution in [0.15, 0.2) is 48.3 Å². The lowest BCUT2D eigenvalue weighted by Crippen LogP contribution is -2.44. The highest BCUT2D eigenvalue weighted by Gasteiger charge is 2.42. The third kappa shape index (κ3) is 5.37. The lowest BCUT2D eigenvalue weighted by Gasteiger charge is -2.39. The van der Waals surface area contributed by atoms with Gasteiger partial charge in [0.15, 0.2) is 0 Å². The van der Waals surface area contributed by atoms with Gasteiger partial charge in [0.1, 0.15) is 18.2 Å². The fourth-order valence-electron chi connectivity index (χ4n) is 4.70. The van der Waals surface area contributed by atoms with Crippen LogP contribution in [0.1, 0.15) is 39.5 Å². The molecule has 1 aromatic carbocycles. The predicted molar refractivity (Wildman–Crippen MR) is 122 cm³/mol. The highest BCUT2D eigenvalue weighted by molar-refractivity contribution is 5.64. The molecule has 3 heterocycles. The van der Waals surface area contributed by atoms with Gasteiger partial charge in [0.25, 0.3) is 0 Å². The second kappa shape index (κ2) is 9.98. The second-order valence-corrected chi connectivity index (χ2v) is 9.02. The maximum Gasteiger partial charge on any atom is 0.143 e. The van der Waals surface area contributed by atoms with Crippen molar-refractivity contribution in [3.63, 3.8) is 0 Å². The molecule has 6 nitrogen and oxygen atoms in total. The average molecular weight is 426 g/mol. The molecule has 0 aliphatic carbocycles. The molecule has 1 aromatic heterocycles. The number of imidazole rings is 1. The number of aliphatic hydroxyl groups is 1. The molecule has 1 spiro atoms. The van der Waals surface area contributed by atoms with E-state index in [9.17, 15) is 0 Å². The number of aromatic nitrogens is 2. The summed E-state index contributed by atoms with van der Waals surface area (Å²) in [4.78, 5) is 7.13. The molecule has 1 atom stereocenters. The number of hydrogen-bond donors (Lipinski definition) is 1. The summed E-state index contributed by atoms with van der Waals surface area (Å²) in [5.74, 6) is 1.63. The van der Waals surface area contributed by atoms with E-state index < -0.39 is 0 Å². The Balaban J connectivity index is 1.38. The molecule has 0 saturated carbocycles. The van der Waals surface area contributed by atoms with Crippen LogP contribution in [0.3, 0.4) is 0 Å². The van der Waals surface area contributed by atoms with Crippen molar-refractivity contribution in [1.29, 1.82) is 0 Å². The van der Waals surface area contributed by atoms with Gasteiger partial charge < -0.3 is 19.1 Å². The minimum atomic E-state index is -0.00740. The van der Waals surface area contributed by atoms with Crippen LogP contribution in [0.5, 0.6) is 5.75 Å². The molecule has 0 radical (unpaired) electrons. The molecule has 6 heteroatoms. The van der Waals surface area contributed by atoms with Crippen molar-refractivity contribution in [3.05, 3.63) is 48.3 Å². The van der Waals surface area contributed by atoms with Gasteiger partial charge in [-0.25, -0.2) is 4.98 Å². The number of rotatable bonds is 8. The fraction of sp³-hybridized carbons (Fsp3) is 0.560. The molecule has 2 aliphatic rings. The lowest BCUT2D eigenvalue weighted by molar-refractivity contribution is -0.0794. The van der Waals surface area contributed by atoms with Crippen molar-refractivity contribution in [2.45, 2.75) is 57.8 Å². The molecule has 0 amide bonds. The van der Waals surface area contributed by atoms with Gasteiger partial charge in [-0.3, -0.25) is 4.90 Å². The van der Waals surface area contributed by atoms with Crippen LogP contribution < -0.4 is 4.74 Å². The maximum atomic E-state index is 9.12. The topological polar surface area (TPSA) is 59.8 Å². The summed E-state index contributed by atoms with van der Waals surface area (Å²) in [5, 5.41) is 9.12. The van der Waals surface area contributed by atoms with Crippen molar-refractivity contribution in [1.82, 2.24) is 14.5 Å². The molecule has 2 saturated heterocycles. The highest BCUT2D eigenvalue weighted by atomic mass is 16.5. The van der Waals surface area contributed by atoms with Crippen molar-refractivity contribution in [2.24, 2.45) is 0 Å². The van der Waals surface area contributed by atoms with Crippen molar-refractivity contribution < 1.29 is 14.6 Å². The van der Waals surface area contributed by atoms with Gasteiger partial charge in [-0.1, -0.05) is 23.8 Å². The summed E-state index contributed by atoms with van der Waals surface area (Å²) in [6, 6.07) is 7.88. The average Bonchev–Trinajstić information content (AvgIpc) is 3.39. The van der Waals surface area contributed by atoms with Crippen LogP contribution >= 0.6 is 0 Å². The first-order valence-electron chi connectivity index (χ1n) is 11.5. The zero-order valence-electron chi connectivity index (χ0n) is 18.8. The summed E-state index contributed by atoms with van der Waals surface area (Å²) < 4.78 is 14.6. The summed E-state index contributed by atoms with van der Waals surface area (Å²) in [6.45, 7) is 8.67. The summed E-state index contributed by atoms with van der Waals surface area (Å²) in [5.41, 5.74) is 2.38. The minimum Gasteiger partial charge on any atom is -0.490 e. The molecule has 2 fully saturated rings. The van der Waals surface area contributed by atoms with Crippen LogP contribution in [0.4, 0.5) is 0 Å². The Morgan fingerprint density at radius 1 is 1.26 bits per heavy atom. The Morgan fingerprint density at radius 3 is 2.84 bits per heavy atom. The lowest BCUT2D eigenvalue weighted by atomic mass is 9.88. The Kier molecular flexibility index (Phi) is 7.10. The SMILES string of the molecule is CC(C)=CCN1CCC2(CCC(Cn3ccnc3-c3ccccc3OCCO)O2)CC1. The van der Waals surface area contributed by atoms with E-state index in [0.29, 0.717) is 0 Å². The summed E-state index contributed by atoms with van der Waals surface area (Å²) in [7, 11) is 0. The molecule has 2 aliphatic heterocycles. The maximum absolute atomic E-state index is 9.12. The first-order valence-corrected chi connectivity index (χ1v) is 11.5. The number of nitrogens with zero attached hydrogens (tertiary/aromatic N) is 3. The van der Waals surface area contributed by atoms with Crippen LogP contribution in [-0.2, 0) is 11.3 Å².